The smallest absolute Gasteiger partial charge is 0.312 e. The highest BCUT2D eigenvalue weighted by Gasteiger charge is 2.61. The van der Waals surface area contributed by atoms with E-state index < -0.39 is 5.41 Å². The van der Waals surface area contributed by atoms with Crippen LogP contribution in [0.2, 0.25) is 0 Å². The molecular weight excluding hydrogens is 336 g/mol. The predicted molar refractivity (Wildman–Crippen MR) is 106 cm³/mol. The van der Waals surface area contributed by atoms with Crippen LogP contribution in [0.3, 0.4) is 0 Å². The van der Waals surface area contributed by atoms with Crippen LogP contribution in [0.1, 0.15) is 77.7 Å². The summed E-state index contributed by atoms with van der Waals surface area (Å²) in [6, 6.07) is 7.31. The molecule has 3 aliphatic carbocycles. The molecule has 1 N–H and O–H groups in total. The average molecular weight is 371 g/mol. The Bertz CT molecular complexity index is 707. The zero-order chi connectivity index (χ0) is 19.4. The first-order chi connectivity index (χ1) is 12.7. The molecule has 3 aliphatic rings. The van der Waals surface area contributed by atoms with Crippen molar-refractivity contribution >= 4 is 5.97 Å². The molecule has 3 fully saturated rings. The van der Waals surface area contributed by atoms with E-state index in [0.717, 1.165) is 36.2 Å². The molecule has 6 unspecified atom stereocenters. The molecule has 3 nitrogen and oxygen atoms in total. The summed E-state index contributed by atoms with van der Waals surface area (Å²) in [5.74, 6) is 3.52. The number of esters is 1. The van der Waals surface area contributed by atoms with Gasteiger partial charge in [-0.1, -0.05) is 25.5 Å². The minimum absolute atomic E-state index is 0.0438. The highest BCUT2D eigenvalue weighted by Crippen LogP contribution is 2.63. The van der Waals surface area contributed by atoms with Crippen molar-refractivity contribution in [3.8, 4) is 5.75 Å². The molecule has 6 atom stereocenters. The monoisotopic (exact) mass is 370 g/mol. The van der Waals surface area contributed by atoms with Gasteiger partial charge in [0, 0.05) is 5.92 Å². The fourth-order valence-electron chi connectivity index (χ4n) is 6.62. The van der Waals surface area contributed by atoms with Gasteiger partial charge in [0.25, 0.3) is 0 Å². The number of rotatable bonds is 5. The van der Waals surface area contributed by atoms with Crippen molar-refractivity contribution in [3.05, 3.63) is 29.8 Å². The van der Waals surface area contributed by atoms with Crippen molar-refractivity contribution in [2.24, 2.45) is 29.1 Å². The lowest BCUT2D eigenvalue weighted by atomic mass is 9.73. The van der Waals surface area contributed by atoms with Gasteiger partial charge in [-0.25, -0.2) is 0 Å². The average Bonchev–Trinajstić information content (AvgIpc) is 3.26. The third kappa shape index (κ3) is 3.28. The Morgan fingerprint density at radius 3 is 2.63 bits per heavy atom. The quantitative estimate of drug-likeness (QED) is 0.679. The summed E-state index contributed by atoms with van der Waals surface area (Å²) < 4.78 is 6.28. The van der Waals surface area contributed by atoms with Gasteiger partial charge in [0.1, 0.15) is 11.4 Å². The van der Waals surface area contributed by atoms with Crippen molar-refractivity contribution in [2.75, 3.05) is 0 Å². The van der Waals surface area contributed by atoms with Crippen LogP contribution in [0.15, 0.2) is 24.3 Å². The van der Waals surface area contributed by atoms with Crippen molar-refractivity contribution in [1.82, 2.24) is 0 Å². The third-order valence-corrected chi connectivity index (χ3v) is 7.91. The molecule has 1 aromatic rings. The Labute approximate surface area is 163 Å². The number of phenols is 1. The first kappa shape index (κ1) is 18.8. The number of benzene rings is 1. The van der Waals surface area contributed by atoms with Gasteiger partial charge in [0.15, 0.2) is 0 Å². The van der Waals surface area contributed by atoms with E-state index in [2.05, 4.69) is 13.8 Å². The normalized spacial score (nSPS) is 35.9. The summed E-state index contributed by atoms with van der Waals surface area (Å²) in [5.41, 5.74) is 0.373. The summed E-state index contributed by atoms with van der Waals surface area (Å²) >= 11 is 0. The highest BCUT2D eigenvalue weighted by atomic mass is 16.6. The van der Waals surface area contributed by atoms with E-state index >= 15 is 0 Å². The van der Waals surface area contributed by atoms with Crippen LogP contribution in [-0.2, 0) is 9.53 Å². The van der Waals surface area contributed by atoms with Crippen LogP contribution in [0.4, 0.5) is 0 Å². The van der Waals surface area contributed by atoms with Gasteiger partial charge < -0.3 is 9.84 Å². The predicted octanol–water partition coefficient (Wildman–Crippen LogP) is 5.67. The molecular formula is C24H34O3. The van der Waals surface area contributed by atoms with E-state index in [9.17, 15) is 9.90 Å². The molecule has 0 aliphatic heterocycles. The number of carbonyl (C=O) groups excluding carboxylic acids is 1. The maximum Gasteiger partial charge on any atom is 0.312 e. The van der Waals surface area contributed by atoms with E-state index in [1.165, 1.54) is 25.7 Å². The molecule has 4 rings (SSSR count). The van der Waals surface area contributed by atoms with Gasteiger partial charge in [-0.2, -0.15) is 0 Å². The van der Waals surface area contributed by atoms with Crippen LogP contribution in [-0.4, -0.2) is 16.7 Å². The van der Waals surface area contributed by atoms with E-state index in [1.807, 2.05) is 26.0 Å². The first-order valence-electron chi connectivity index (χ1n) is 10.7. The Kier molecular flexibility index (Phi) is 4.56. The van der Waals surface area contributed by atoms with E-state index in [1.54, 1.807) is 12.1 Å². The van der Waals surface area contributed by atoms with Gasteiger partial charge >= 0.3 is 5.97 Å². The van der Waals surface area contributed by atoms with E-state index in [0.29, 0.717) is 5.92 Å². The molecule has 1 aromatic carbocycles. The van der Waals surface area contributed by atoms with Crippen LogP contribution in [0, 0.1) is 29.1 Å². The standard InChI is InChI=1S/C24H34O3/c1-15(16-8-10-18(25)11-9-16)13-23(2,3)22(26)27-24(4)14-17-12-21(24)20-7-5-6-19(17)20/h8-11,15,17,19-21,25H,5-7,12-14H2,1-4H3. The van der Waals surface area contributed by atoms with Gasteiger partial charge in [-0.15, -0.1) is 0 Å². The number of phenolic OH excluding ortho intramolecular Hbond substituents is 1. The number of hydrogen-bond acceptors (Lipinski definition) is 3. The zero-order valence-electron chi connectivity index (χ0n) is 17.2. The molecule has 148 valence electrons. The Morgan fingerprint density at radius 2 is 1.93 bits per heavy atom. The van der Waals surface area contributed by atoms with Crippen molar-refractivity contribution in [3.63, 3.8) is 0 Å². The fourth-order valence-corrected chi connectivity index (χ4v) is 6.62. The SMILES string of the molecule is CC(CC(C)(C)C(=O)OC1(C)CC2CC1C1CCCC21)c1ccc(O)cc1. The summed E-state index contributed by atoms with van der Waals surface area (Å²) in [4.78, 5) is 13.2. The van der Waals surface area contributed by atoms with Crippen molar-refractivity contribution < 1.29 is 14.6 Å². The molecule has 2 bridgehead atoms. The first-order valence-corrected chi connectivity index (χ1v) is 10.7. The minimum Gasteiger partial charge on any atom is -0.508 e. The van der Waals surface area contributed by atoms with Gasteiger partial charge in [0.2, 0.25) is 0 Å². The second-order valence-corrected chi connectivity index (χ2v) is 10.3. The molecule has 0 radical (unpaired) electrons. The number of carbonyl (C=O) groups is 1. The number of fused-ring (bicyclic) bond motifs is 5. The van der Waals surface area contributed by atoms with Crippen LogP contribution in [0.5, 0.6) is 5.75 Å². The second-order valence-electron chi connectivity index (χ2n) is 10.3. The lowest BCUT2D eigenvalue weighted by molar-refractivity contribution is -0.178. The maximum absolute atomic E-state index is 13.2. The van der Waals surface area contributed by atoms with Crippen LogP contribution < -0.4 is 0 Å². The summed E-state index contributed by atoms with van der Waals surface area (Å²) in [7, 11) is 0. The summed E-state index contributed by atoms with van der Waals surface area (Å²) in [6.07, 6.45) is 7.16. The van der Waals surface area contributed by atoms with Gasteiger partial charge in [0.05, 0.1) is 5.41 Å². The molecule has 0 aromatic heterocycles. The fraction of sp³-hybridized carbons (Fsp3) is 0.708. The van der Waals surface area contributed by atoms with E-state index in [-0.39, 0.29) is 23.2 Å². The number of aromatic hydroxyl groups is 1. The molecule has 0 amide bonds. The maximum atomic E-state index is 13.2. The topological polar surface area (TPSA) is 46.5 Å². The molecule has 27 heavy (non-hydrogen) atoms. The molecule has 0 heterocycles. The van der Waals surface area contributed by atoms with Gasteiger partial charge in [-0.05, 0) is 94.2 Å². The number of ether oxygens (including phenoxy) is 1. The highest BCUT2D eigenvalue weighted by molar-refractivity contribution is 5.76. The summed E-state index contributed by atoms with van der Waals surface area (Å²) in [5, 5.41) is 9.49. The molecule has 0 saturated heterocycles. The van der Waals surface area contributed by atoms with Crippen molar-refractivity contribution in [2.45, 2.75) is 77.7 Å². The largest absolute Gasteiger partial charge is 0.508 e. The number of hydrogen-bond donors (Lipinski definition) is 1. The Balaban J connectivity index is 1.42. The lowest BCUT2D eigenvalue weighted by Crippen LogP contribution is -2.45. The lowest BCUT2D eigenvalue weighted by Gasteiger charge is -2.41. The summed E-state index contributed by atoms with van der Waals surface area (Å²) in [6.45, 7) is 8.37. The molecule has 3 saturated carbocycles. The zero-order valence-corrected chi connectivity index (χ0v) is 17.2. The molecule has 0 spiro atoms. The second kappa shape index (κ2) is 6.53. The Hall–Kier alpha value is -1.51. The van der Waals surface area contributed by atoms with Crippen LogP contribution in [0.25, 0.3) is 0 Å². The van der Waals surface area contributed by atoms with Gasteiger partial charge in [-0.3, -0.25) is 4.79 Å². The van der Waals surface area contributed by atoms with Crippen LogP contribution >= 0.6 is 0 Å². The molecule has 3 heteroatoms. The minimum atomic E-state index is -0.517. The van der Waals surface area contributed by atoms with E-state index in [4.69, 9.17) is 4.74 Å². The third-order valence-electron chi connectivity index (χ3n) is 7.91. The van der Waals surface area contributed by atoms with Crippen molar-refractivity contribution in [1.29, 1.82) is 0 Å². The Morgan fingerprint density at radius 1 is 1.26 bits per heavy atom.